The Hall–Kier alpha value is -2.13. The van der Waals surface area contributed by atoms with Crippen LogP contribution >= 0.6 is 0 Å². The number of aryl methyl sites for hydroxylation is 1. The molecule has 30 heavy (non-hydrogen) atoms. The molecule has 3 heterocycles. The molecule has 0 unspecified atom stereocenters. The van der Waals surface area contributed by atoms with Gasteiger partial charge in [0.15, 0.2) is 6.10 Å². The molecule has 1 aromatic rings. The molecule has 2 amide bonds. The summed E-state index contributed by atoms with van der Waals surface area (Å²) in [4.78, 5) is 26.9. The number of piperidine rings is 1. The van der Waals surface area contributed by atoms with Crippen molar-refractivity contribution in [1.29, 1.82) is 0 Å². The highest BCUT2D eigenvalue weighted by Crippen LogP contribution is 2.36. The third kappa shape index (κ3) is 3.80. The third-order valence-corrected chi connectivity index (χ3v) is 8.24. The second-order valence-electron chi connectivity index (χ2n) is 8.35. The monoisotopic (exact) mass is 435 g/mol. The lowest BCUT2D eigenvalue weighted by Crippen LogP contribution is -2.46. The molecule has 3 aliphatic heterocycles. The van der Waals surface area contributed by atoms with Crippen LogP contribution in [0.5, 0.6) is 5.75 Å². The van der Waals surface area contributed by atoms with Gasteiger partial charge in [0.2, 0.25) is 15.9 Å². The minimum Gasteiger partial charge on any atom is -0.478 e. The zero-order valence-corrected chi connectivity index (χ0v) is 18.3. The molecule has 2 atom stereocenters. The summed E-state index contributed by atoms with van der Waals surface area (Å²) in [5.41, 5.74) is 1.03. The van der Waals surface area contributed by atoms with E-state index in [-0.39, 0.29) is 29.2 Å². The number of carbonyl (C=O) groups excluding carboxylic acids is 2. The Morgan fingerprint density at radius 2 is 1.93 bits per heavy atom. The Morgan fingerprint density at radius 1 is 1.20 bits per heavy atom. The van der Waals surface area contributed by atoms with Crippen molar-refractivity contribution < 1.29 is 22.7 Å². The Kier molecular flexibility index (Phi) is 5.76. The van der Waals surface area contributed by atoms with Crippen LogP contribution in [0.25, 0.3) is 0 Å². The summed E-state index contributed by atoms with van der Waals surface area (Å²) in [6.07, 6.45) is 3.28. The highest BCUT2D eigenvalue weighted by atomic mass is 32.2. The Labute approximate surface area is 177 Å². The van der Waals surface area contributed by atoms with E-state index >= 15 is 0 Å². The van der Waals surface area contributed by atoms with E-state index in [9.17, 15) is 18.0 Å². The molecule has 0 saturated carbocycles. The highest BCUT2D eigenvalue weighted by molar-refractivity contribution is 7.89. The van der Waals surface area contributed by atoms with Gasteiger partial charge in [0.05, 0.1) is 16.5 Å². The van der Waals surface area contributed by atoms with Gasteiger partial charge in [-0.15, -0.1) is 0 Å². The molecule has 0 aromatic heterocycles. The number of benzene rings is 1. The van der Waals surface area contributed by atoms with E-state index in [0.717, 1.165) is 32.4 Å². The second kappa shape index (κ2) is 8.19. The van der Waals surface area contributed by atoms with Crippen molar-refractivity contribution in [3.8, 4) is 5.75 Å². The van der Waals surface area contributed by atoms with Gasteiger partial charge in [-0.2, -0.15) is 4.31 Å². The molecule has 9 heteroatoms. The number of hydrogen-bond donors (Lipinski definition) is 1. The number of amides is 2. The van der Waals surface area contributed by atoms with E-state index in [4.69, 9.17) is 4.74 Å². The van der Waals surface area contributed by atoms with E-state index in [1.54, 1.807) is 13.0 Å². The summed E-state index contributed by atoms with van der Waals surface area (Å²) < 4.78 is 34.1. The third-order valence-electron chi connectivity index (χ3n) is 6.24. The maximum Gasteiger partial charge on any atom is 0.265 e. The van der Waals surface area contributed by atoms with Crippen molar-refractivity contribution in [2.24, 2.45) is 5.92 Å². The maximum absolute atomic E-state index is 13.5. The summed E-state index contributed by atoms with van der Waals surface area (Å²) >= 11 is 0. The average Bonchev–Trinajstić information content (AvgIpc) is 3.27. The van der Waals surface area contributed by atoms with Crippen LogP contribution in [0.15, 0.2) is 17.0 Å². The molecular weight excluding hydrogens is 406 g/mol. The van der Waals surface area contributed by atoms with Gasteiger partial charge in [-0.05, 0) is 50.7 Å². The number of hydrogen-bond acceptors (Lipinski definition) is 5. The molecule has 2 saturated heterocycles. The minimum absolute atomic E-state index is 0.0754. The lowest BCUT2D eigenvalue weighted by Gasteiger charge is -2.34. The number of nitrogens with one attached hydrogen (secondary N) is 1. The quantitative estimate of drug-likeness (QED) is 0.782. The Morgan fingerprint density at radius 3 is 2.63 bits per heavy atom. The summed E-state index contributed by atoms with van der Waals surface area (Å²) in [6.45, 7) is 5.71. The summed E-state index contributed by atoms with van der Waals surface area (Å²) in [5.74, 6) is -0.0670. The zero-order chi connectivity index (χ0) is 21.5. The van der Waals surface area contributed by atoms with E-state index in [1.165, 1.54) is 10.4 Å². The van der Waals surface area contributed by atoms with E-state index in [0.29, 0.717) is 36.4 Å². The van der Waals surface area contributed by atoms with Gasteiger partial charge in [-0.25, -0.2) is 8.42 Å². The van der Waals surface area contributed by atoms with E-state index < -0.39 is 16.1 Å². The van der Waals surface area contributed by atoms with Crippen molar-refractivity contribution in [3.63, 3.8) is 0 Å². The largest absolute Gasteiger partial charge is 0.478 e. The van der Waals surface area contributed by atoms with Crippen molar-refractivity contribution >= 4 is 27.5 Å². The lowest BCUT2D eigenvalue weighted by molar-refractivity contribution is -0.135. The molecule has 0 spiro atoms. The zero-order valence-electron chi connectivity index (χ0n) is 17.5. The molecular formula is C21H29N3O5S. The van der Waals surface area contributed by atoms with Crippen LogP contribution in [-0.4, -0.2) is 61.7 Å². The van der Waals surface area contributed by atoms with Gasteiger partial charge < -0.3 is 15.0 Å². The Bertz CT molecular complexity index is 956. The van der Waals surface area contributed by atoms with Crippen LogP contribution < -0.4 is 10.1 Å². The van der Waals surface area contributed by atoms with Gasteiger partial charge >= 0.3 is 0 Å². The first-order valence-corrected chi connectivity index (χ1v) is 12.2. The molecule has 8 nitrogen and oxygen atoms in total. The Balaban J connectivity index is 1.58. The molecule has 4 rings (SSSR count). The highest BCUT2D eigenvalue weighted by Gasteiger charge is 2.37. The van der Waals surface area contributed by atoms with Crippen LogP contribution in [0, 0.1) is 12.8 Å². The molecule has 0 bridgehead atoms. The first kappa shape index (κ1) is 21.1. The SMILES string of the molecule is CC[C@H]1Oc2cc(S(=O)(=O)N3CCC[C@@H](C(=O)N4CCCC4)C3)c(C)cc2NC1=O. The standard InChI is InChI=1S/C21H29N3O5S/c1-3-17-20(25)22-16-11-14(2)19(12-18(16)29-17)30(27,28)24-10-6-7-15(13-24)21(26)23-8-4-5-9-23/h11-12,15,17H,3-10,13H2,1-2H3,(H,22,25)/t15-,17-/m1/s1. The number of carbonyl (C=O) groups is 2. The summed E-state index contributed by atoms with van der Waals surface area (Å²) in [6, 6.07) is 3.15. The number of nitrogens with zero attached hydrogens (tertiary/aromatic N) is 2. The number of ether oxygens (including phenoxy) is 1. The van der Waals surface area contributed by atoms with Crippen molar-refractivity contribution in [1.82, 2.24) is 9.21 Å². The fourth-order valence-corrected chi connectivity index (χ4v) is 6.27. The molecule has 3 aliphatic rings. The number of fused-ring (bicyclic) bond motifs is 1. The van der Waals surface area contributed by atoms with Gasteiger partial charge in [-0.1, -0.05) is 6.92 Å². The minimum atomic E-state index is -3.78. The summed E-state index contributed by atoms with van der Waals surface area (Å²) in [5, 5.41) is 2.79. The first-order valence-electron chi connectivity index (χ1n) is 10.7. The van der Waals surface area contributed by atoms with E-state index in [2.05, 4.69) is 5.32 Å². The van der Waals surface area contributed by atoms with Crippen LogP contribution in [0.1, 0.15) is 44.6 Å². The first-order chi connectivity index (χ1) is 14.3. The molecule has 1 N–H and O–H groups in total. The van der Waals surface area contributed by atoms with Gasteiger partial charge in [0.1, 0.15) is 5.75 Å². The number of sulfonamides is 1. The van der Waals surface area contributed by atoms with Crippen LogP contribution in [0.3, 0.4) is 0 Å². The van der Waals surface area contributed by atoms with Gasteiger partial charge in [0.25, 0.3) is 5.91 Å². The van der Waals surface area contributed by atoms with Crippen LogP contribution in [0.2, 0.25) is 0 Å². The molecule has 2 fully saturated rings. The van der Waals surface area contributed by atoms with Gasteiger partial charge in [-0.3, -0.25) is 9.59 Å². The topological polar surface area (TPSA) is 96.0 Å². The number of rotatable bonds is 4. The van der Waals surface area contributed by atoms with Crippen molar-refractivity contribution in [3.05, 3.63) is 17.7 Å². The number of anilines is 1. The van der Waals surface area contributed by atoms with E-state index in [1.807, 2.05) is 11.8 Å². The predicted molar refractivity (Wildman–Crippen MR) is 112 cm³/mol. The van der Waals surface area contributed by atoms with Crippen LogP contribution in [-0.2, 0) is 19.6 Å². The lowest BCUT2D eigenvalue weighted by atomic mass is 9.98. The maximum atomic E-state index is 13.5. The molecule has 164 valence electrons. The van der Waals surface area contributed by atoms with Gasteiger partial charge in [0, 0.05) is 32.2 Å². The fraction of sp³-hybridized carbons (Fsp3) is 0.619. The van der Waals surface area contributed by atoms with Crippen LogP contribution in [0.4, 0.5) is 5.69 Å². The summed E-state index contributed by atoms with van der Waals surface area (Å²) in [7, 11) is -3.78. The van der Waals surface area contributed by atoms with Crippen molar-refractivity contribution in [2.75, 3.05) is 31.5 Å². The number of likely N-dealkylation sites (tertiary alicyclic amines) is 1. The average molecular weight is 436 g/mol. The van der Waals surface area contributed by atoms with Crippen molar-refractivity contribution in [2.45, 2.75) is 57.0 Å². The smallest absolute Gasteiger partial charge is 0.265 e. The molecule has 0 radical (unpaired) electrons. The fourth-order valence-electron chi connectivity index (χ4n) is 4.53. The molecule has 1 aromatic carbocycles. The second-order valence-corrected chi connectivity index (χ2v) is 10.3. The predicted octanol–water partition coefficient (Wildman–Crippen LogP) is 2.13. The normalized spacial score (nSPS) is 24.9. The molecule has 0 aliphatic carbocycles.